The van der Waals surface area contributed by atoms with Crippen LogP contribution in [0, 0.1) is 12.7 Å². The van der Waals surface area contributed by atoms with E-state index in [0.717, 1.165) is 0 Å². The molecule has 0 aliphatic heterocycles. The third kappa shape index (κ3) is 1.73. The fourth-order valence-electron chi connectivity index (χ4n) is 2.17. The van der Waals surface area contributed by atoms with E-state index in [2.05, 4.69) is 0 Å². The average Bonchev–Trinajstić information content (AvgIpc) is 2.27. The van der Waals surface area contributed by atoms with Gasteiger partial charge in [0.2, 0.25) is 0 Å². The Labute approximate surface area is 98.6 Å². The van der Waals surface area contributed by atoms with Crippen molar-refractivity contribution < 1.29 is 18.7 Å². The van der Waals surface area contributed by atoms with Gasteiger partial charge in [-0.1, -0.05) is 12.1 Å². The van der Waals surface area contributed by atoms with E-state index in [0.29, 0.717) is 11.1 Å². The Morgan fingerprint density at radius 1 is 1.41 bits per heavy atom. The first-order valence-corrected chi connectivity index (χ1v) is 5.36. The Hall–Kier alpha value is -1.71. The van der Waals surface area contributed by atoms with Gasteiger partial charge < -0.3 is 4.74 Å². The van der Waals surface area contributed by atoms with Crippen LogP contribution >= 0.6 is 0 Å². The van der Waals surface area contributed by atoms with E-state index in [9.17, 15) is 14.0 Å². The van der Waals surface area contributed by atoms with Crippen molar-refractivity contribution in [3.63, 3.8) is 0 Å². The molecular weight excluding hydrogens is 223 g/mol. The lowest BCUT2D eigenvalue weighted by molar-refractivity contribution is -0.156. The first-order chi connectivity index (χ1) is 7.99. The number of esters is 1. The monoisotopic (exact) mass is 236 g/mol. The lowest BCUT2D eigenvalue weighted by atomic mass is 9.63. The molecule has 1 saturated carbocycles. The second kappa shape index (κ2) is 3.95. The summed E-state index contributed by atoms with van der Waals surface area (Å²) in [6, 6.07) is 4.61. The van der Waals surface area contributed by atoms with Gasteiger partial charge in [0.25, 0.3) is 0 Å². The number of hydrogen-bond donors (Lipinski definition) is 0. The van der Waals surface area contributed by atoms with Gasteiger partial charge in [0.1, 0.15) is 17.0 Å². The summed E-state index contributed by atoms with van der Waals surface area (Å²) in [5.74, 6) is -0.845. The van der Waals surface area contributed by atoms with Crippen molar-refractivity contribution in [1.82, 2.24) is 0 Å². The molecule has 17 heavy (non-hydrogen) atoms. The quantitative estimate of drug-likeness (QED) is 0.737. The molecular formula is C13H13FO3. The largest absolute Gasteiger partial charge is 0.468 e. The standard InChI is InChI=1S/C13H13FO3/c1-8-3-4-9(5-11(8)14)13(12(16)17-2)6-10(15)7-13/h3-5H,6-7H2,1-2H3. The number of ketones is 1. The number of carbonyl (C=O) groups is 2. The second-order valence-corrected chi connectivity index (χ2v) is 4.43. The molecule has 0 heterocycles. The van der Waals surface area contributed by atoms with Crippen molar-refractivity contribution in [2.75, 3.05) is 7.11 Å². The summed E-state index contributed by atoms with van der Waals surface area (Å²) in [7, 11) is 1.28. The summed E-state index contributed by atoms with van der Waals surface area (Å²) >= 11 is 0. The number of halogens is 1. The summed E-state index contributed by atoms with van der Waals surface area (Å²) in [6.07, 6.45) is 0.199. The molecule has 0 bridgehead atoms. The number of ether oxygens (including phenoxy) is 1. The summed E-state index contributed by atoms with van der Waals surface area (Å²) in [5.41, 5.74) is 0.0619. The summed E-state index contributed by atoms with van der Waals surface area (Å²) in [4.78, 5) is 22.9. The molecule has 2 rings (SSSR count). The van der Waals surface area contributed by atoms with Crippen LogP contribution < -0.4 is 0 Å². The number of Topliss-reactive ketones (excluding diaryl/α,β-unsaturated/α-hetero) is 1. The van der Waals surface area contributed by atoms with Crippen LogP contribution in [0.25, 0.3) is 0 Å². The SMILES string of the molecule is COC(=O)C1(c2ccc(C)c(F)c2)CC(=O)C1. The van der Waals surface area contributed by atoms with Crippen molar-refractivity contribution in [1.29, 1.82) is 0 Å². The number of rotatable bonds is 2. The van der Waals surface area contributed by atoms with Gasteiger partial charge in [-0.3, -0.25) is 9.59 Å². The summed E-state index contributed by atoms with van der Waals surface area (Å²) in [5, 5.41) is 0. The number of carbonyl (C=O) groups excluding carboxylic acids is 2. The zero-order valence-electron chi connectivity index (χ0n) is 9.75. The lowest BCUT2D eigenvalue weighted by Crippen LogP contribution is -2.49. The molecule has 1 aromatic rings. The van der Waals surface area contributed by atoms with Crippen molar-refractivity contribution >= 4 is 11.8 Å². The summed E-state index contributed by atoms with van der Waals surface area (Å²) in [6.45, 7) is 1.65. The minimum atomic E-state index is -0.972. The zero-order chi connectivity index (χ0) is 12.6. The molecule has 0 aromatic heterocycles. The Bertz CT molecular complexity index is 485. The molecule has 0 spiro atoms. The highest BCUT2D eigenvalue weighted by molar-refractivity contribution is 6.02. The fourth-order valence-corrected chi connectivity index (χ4v) is 2.17. The smallest absolute Gasteiger partial charge is 0.317 e. The van der Waals surface area contributed by atoms with E-state index < -0.39 is 11.4 Å². The topological polar surface area (TPSA) is 43.4 Å². The van der Waals surface area contributed by atoms with Crippen LogP contribution in [0.1, 0.15) is 24.0 Å². The fraction of sp³-hybridized carbons (Fsp3) is 0.385. The maximum atomic E-state index is 13.5. The minimum absolute atomic E-state index is 0.00335. The van der Waals surface area contributed by atoms with Crippen molar-refractivity contribution in [3.05, 3.63) is 35.1 Å². The van der Waals surface area contributed by atoms with E-state index >= 15 is 0 Å². The average molecular weight is 236 g/mol. The van der Waals surface area contributed by atoms with E-state index in [1.54, 1.807) is 19.1 Å². The van der Waals surface area contributed by atoms with Crippen LogP contribution in [0.5, 0.6) is 0 Å². The molecule has 90 valence electrons. The maximum Gasteiger partial charge on any atom is 0.317 e. The molecule has 1 aliphatic carbocycles. The molecule has 3 nitrogen and oxygen atoms in total. The van der Waals surface area contributed by atoms with E-state index in [-0.39, 0.29) is 24.4 Å². The van der Waals surface area contributed by atoms with Crippen LogP contribution in [0.4, 0.5) is 4.39 Å². The van der Waals surface area contributed by atoms with Gasteiger partial charge in [-0.25, -0.2) is 4.39 Å². The van der Waals surface area contributed by atoms with E-state index in [1.165, 1.54) is 13.2 Å². The second-order valence-electron chi connectivity index (χ2n) is 4.43. The van der Waals surface area contributed by atoms with Crippen LogP contribution in [0.3, 0.4) is 0 Å². The maximum absolute atomic E-state index is 13.5. The van der Waals surface area contributed by atoms with Crippen molar-refractivity contribution in [3.8, 4) is 0 Å². The van der Waals surface area contributed by atoms with E-state index in [1.807, 2.05) is 0 Å². The van der Waals surface area contributed by atoms with Crippen LogP contribution in [0.15, 0.2) is 18.2 Å². The van der Waals surface area contributed by atoms with Gasteiger partial charge in [0, 0.05) is 12.8 Å². The van der Waals surface area contributed by atoms with Crippen LogP contribution in [0.2, 0.25) is 0 Å². The third-order valence-corrected chi connectivity index (χ3v) is 3.30. The Morgan fingerprint density at radius 2 is 2.06 bits per heavy atom. The first-order valence-electron chi connectivity index (χ1n) is 5.36. The molecule has 1 aliphatic rings. The highest BCUT2D eigenvalue weighted by atomic mass is 19.1. The van der Waals surface area contributed by atoms with Crippen molar-refractivity contribution in [2.45, 2.75) is 25.2 Å². The molecule has 4 heteroatoms. The van der Waals surface area contributed by atoms with Gasteiger partial charge in [0.15, 0.2) is 0 Å². The molecule has 0 radical (unpaired) electrons. The van der Waals surface area contributed by atoms with Crippen molar-refractivity contribution in [2.24, 2.45) is 0 Å². The Balaban J connectivity index is 2.44. The lowest BCUT2D eigenvalue weighted by Gasteiger charge is -2.37. The number of benzene rings is 1. The van der Waals surface area contributed by atoms with Gasteiger partial charge in [-0.05, 0) is 24.1 Å². The minimum Gasteiger partial charge on any atom is -0.468 e. The highest BCUT2D eigenvalue weighted by Gasteiger charge is 2.52. The van der Waals surface area contributed by atoms with Gasteiger partial charge in [-0.15, -0.1) is 0 Å². The molecule has 0 amide bonds. The molecule has 0 N–H and O–H groups in total. The third-order valence-electron chi connectivity index (χ3n) is 3.30. The van der Waals surface area contributed by atoms with E-state index in [4.69, 9.17) is 4.74 Å². The molecule has 1 fully saturated rings. The molecule has 1 aromatic carbocycles. The van der Waals surface area contributed by atoms with Crippen LogP contribution in [-0.4, -0.2) is 18.9 Å². The number of aryl methyl sites for hydroxylation is 1. The molecule has 0 unspecified atom stereocenters. The number of hydrogen-bond acceptors (Lipinski definition) is 3. The first kappa shape index (κ1) is 11.8. The normalized spacial score (nSPS) is 17.5. The highest BCUT2D eigenvalue weighted by Crippen LogP contribution is 2.42. The molecule has 0 atom stereocenters. The van der Waals surface area contributed by atoms with Gasteiger partial charge >= 0.3 is 5.97 Å². The van der Waals surface area contributed by atoms with Gasteiger partial charge in [-0.2, -0.15) is 0 Å². The molecule has 0 saturated heterocycles. The number of methoxy groups -OCH3 is 1. The predicted octanol–water partition coefficient (Wildman–Crippen LogP) is 1.91. The Morgan fingerprint density at radius 3 is 2.53 bits per heavy atom. The van der Waals surface area contributed by atoms with Crippen LogP contribution in [-0.2, 0) is 19.7 Å². The zero-order valence-corrected chi connectivity index (χ0v) is 9.75. The summed E-state index contributed by atoms with van der Waals surface area (Å²) < 4.78 is 18.2. The predicted molar refractivity (Wildman–Crippen MR) is 59.1 cm³/mol. The Kier molecular flexibility index (Phi) is 2.73. The van der Waals surface area contributed by atoms with Gasteiger partial charge in [0.05, 0.1) is 7.11 Å².